The molecule has 790 valence electrons. The van der Waals surface area contributed by atoms with Gasteiger partial charge in [-0.05, 0) is 182 Å². The molecule has 4 aromatic carbocycles. The van der Waals surface area contributed by atoms with Crippen molar-refractivity contribution in [3.05, 3.63) is 240 Å². The Morgan fingerprint density at radius 2 is 0.482 bits per heavy atom. The zero-order valence-corrected chi connectivity index (χ0v) is 121. The smallest absolute Gasteiger partial charge is 4.00 e. The van der Waals surface area contributed by atoms with Gasteiger partial charge in [0.25, 0.3) is 0 Å². The fraction of sp³-hybridized carbons (Fsp3) is 0.669. The molecule has 16 heteroatoms. The fourth-order valence-corrected chi connectivity index (χ4v) is 58.7. The van der Waals surface area contributed by atoms with Gasteiger partial charge in [-0.25, -0.2) is 0 Å². The van der Waals surface area contributed by atoms with E-state index in [-0.39, 0.29) is 197 Å². The SMILES string of the molecule is CCC1CCC([SiH](C)C2CCCC2C[Si](C)(C)C)C1.CCC1CCC([SiH](c2ccccc2)C2C(C)C(C)C(C)C2C)C1.CCC1CCC([SiH](c2ccccc2)C2C(C)C(C)C(C)C2C)C1.CCC1CCC([SiH](c2ccccc2)C2CCC(C[Si](C)(C)C)C2)C1.CCCC1CCC([SiH](c2ccccc2)C2CCC(CCC)C2)C1.[CH3-].[CH3-].[CH3-].[CH3-].[CH3-].[CH3-].[CH3-].[CH3-].[CH3-].[CH3-].[CH3-].[CH3-].[CH3-].[CH3-].[CH3-].[CH3-].[Cl][Zr+2][Cl].[Cl][Zr+2][Cl].[Zr+4].[Zr+4].[Zr+4]. The molecule has 10 fully saturated rings. The summed E-state index contributed by atoms with van der Waals surface area (Å²) in [5.41, 5.74) is 10.9. The van der Waals surface area contributed by atoms with Gasteiger partial charge in [0.1, 0.15) is 0 Å². The third kappa shape index (κ3) is 50.8. The van der Waals surface area contributed by atoms with Crippen molar-refractivity contribution in [2.45, 2.75) is 416 Å². The van der Waals surface area contributed by atoms with E-state index in [0.717, 1.165) is 139 Å². The van der Waals surface area contributed by atoms with Crippen LogP contribution in [0.4, 0.5) is 0 Å². The Kier molecular flexibility index (Phi) is 105. The summed E-state index contributed by atoms with van der Waals surface area (Å²) in [6.45, 7) is 52.9. The van der Waals surface area contributed by atoms with Gasteiger partial charge in [0, 0.05) is 24.9 Å². The van der Waals surface area contributed by atoms with E-state index in [4.69, 9.17) is 34.1 Å². The van der Waals surface area contributed by atoms with Crippen molar-refractivity contribution in [1.82, 2.24) is 0 Å². The van der Waals surface area contributed by atoms with Crippen molar-refractivity contribution in [2.24, 2.45) is 94.7 Å². The first-order valence-corrected chi connectivity index (χ1v) is 80.9. The van der Waals surface area contributed by atoms with Crippen LogP contribution in [0.1, 0.15) is 302 Å². The molecule has 4 aromatic rings. The van der Waals surface area contributed by atoms with E-state index in [9.17, 15) is 0 Å². The monoisotopic (exact) mass is 2470 g/mol. The molecule has 10 aliphatic rings. The predicted octanol–water partition coefficient (Wildman–Crippen LogP) is 39.4. The van der Waals surface area contributed by atoms with Crippen molar-refractivity contribution in [2.75, 3.05) is 0 Å². The van der Waals surface area contributed by atoms with Gasteiger partial charge in [-0.1, -0.05) is 470 Å². The molecule has 137 heavy (non-hydrogen) atoms. The van der Waals surface area contributed by atoms with Gasteiger partial charge in [0.15, 0.2) is 0 Å². The average Bonchev–Trinajstić information content (AvgIpc) is 1.62. The quantitative estimate of drug-likeness (QED) is 0.0434. The van der Waals surface area contributed by atoms with E-state index in [0.29, 0.717) is 0 Å². The molecular formula is C121H230Cl4Si7Zr5. The predicted molar refractivity (Wildman–Crippen MR) is 649 cm³/mol. The van der Waals surface area contributed by atoms with Crippen molar-refractivity contribution in [3.8, 4) is 0 Å². The molecule has 28 unspecified atom stereocenters. The van der Waals surface area contributed by atoms with E-state index in [1.165, 1.54) is 127 Å². The van der Waals surface area contributed by atoms with Gasteiger partial charge in [0.05, 0.1) is 35.2 Å². The van der Waals surface area contributed by atoms with Crippen LogP contribution in [0.2, 0.25) is 113 Å². The van der Waals surface area contributed by atoms with E-state index in [1.54, 1.807) is 123 Å². The molecule has 0 aromatic heterocycles. The minimum atomic E-state index is -0.942. The van der Waals surface area contributed by atoms with Crippen molar-refractivity contribution in [3.63, 3.8) is 0 Å². The zero-order chi connectivity index (χ0) is 85.8. The summed E-state index contributed by atoms with van der Waals surface area (Å²) < 4.78 is 0. The van der Waals surface area contributed by atoms with E-state index in [2.05, 4.69) is 264 Å². The van der Waals surface area contributed by atoms with Crippen LogP contribution < -0.4 is 20.7 Å². The van der Waals surface area contributed by atoms with Gasteiger partial charge in [-0.15, -0.1) is 0 Å². The summed E-state index contributed by atoms with van der Waals surface area (Å²) in [4.78, 5) is 0. The van der Waals surface area contributed by atoms with Crippen LogP contribution in [-0.4, -0.2) is 60.1 Å². The Balaban J connectivity index is -0.000000136. The fourth-order valence-electron chi connectivity index (χ4n) is 29.0. The molecule has 10 aliphatic carbocycles. The maximum atomic E-state index is 4.93. The summed E-state index contributed by atoms with van der Waals surface area (Å²) in [7, 11) is 14.0. The summed E-state index contributed by atoms with van der Waals surface area (Å²) in [5.74, 6) is 15.7. The minimum Gasteiger partial charge on any atom is 4.00 e. The second kappa shape index (κ2) is 86.3. The molecule has 0 N–H and O–H groups in total. The van der Waals surface area contributed by atoms with E-state index in [1.807, 2.05) is 0 Å². The van der Waals surface area contributed by atoms with E-state index >= 15 is 0 Å². The first-order valence-electron chi connectivity index (χ1n) is 50.7. The summed E-state index contributed by atoms with van der Waals surface area (Å²) in [6, 6.07) is 50.2. The van der Waals surface area contributed by atoms with E-state index < -0.39 is 102 Å². The molecule has 0 saturated heterocycles. The summed E-state index contributed by atoms with van der Waals surface area (Å²) >= 11 is -1.65. The Hall–Kier alpha value is 3.97. The Morgan fingerprint density at radius 1 is 0.270 bits per heavy atom. The molecule has 0 aliphatic heterocycles. The minimum absolute atomic E-state index is 0. The van der Waals surface area contributed by atoms with Crippen molar-refractivity contribution in [1.29, 1.82) is 0 Å². The molecule has 28 atom stereocenters. The Morgan fingerprint density at radius 3 is 0.723 bits per heavy atom. The zero-order valence-electron chi connectivity index (χ0n) is 97.5. The molecule has 0 bridgehead atoms. The van der Waals surface area contributed by atoms with Gasteiger partial charge < -0.3 is 119 Å². The second-order valence-corrected chi connectivity index (χ2v) is 81.1. The maximum absolute atomic E-state index is 4.93. The van der Waals surface area contributed by atoms with Crippen LogP contribution in [-0.2, 0) is 120 Å². The molecule has 0 amide bonds. The summed E-state index contributed by atoms with van der Waals surface area (Å²) in [6.07, 6.45) is 48.5. The molecular weight excluding hydrogens is 2250 g/mol. The standard InChI is InChI=1S/C22H38Si2.3C22H36Si.C17H36Si2.16CH3.4ClH.5Zr/c1-5-18-11-13-21(15-18)23(20-9-7-6-8-10-20)22-14-12-19(16-22)17-24(2,3)4;2*1-6-19-12-13-21(14-19)23(20-10-8-7-9-11-20)22-17(4)15(2)16(3)18(22)5;1-3-8-18-12-14-21(16-18)23(20-10-6-5-7-11-20)22-15-13-19(17-22)9-4-2;1-6-14-10-11-16(12-14)18(2)17-9-7-8-15(17)13-19(3,4)5;;;;;;;;;;;;;;;;;;;;;;;;;/h6-10,18-19,21-23H,5,11-17H2,1-4H3;2*7-11,15-19,21-23H,6,12-14H2,1-5H3;5-7,10-11,18-19,21-23H,3-4,8-9,12-17H2,1-2H3;14-18H,6-13H2,1-5H3;16*1H3;4*1H;;;;;/q;;;;;16*-1;;;;;5*+4/p-4. The third-order valence-electron chi connectivity index (χ3n) is 35.7. The van der Waals surface area contributed by atoms with Crippen LogP contribution in [0.25, 0.3) is 0 Å². The second-order valence-electron chi connectivity index (χ2n) is 44.9. The number of hydrogen-bond donors (Lipinski definition) is 0. The number of hydrogen-bond acceptors (Lipinski definition) is 0. The van der Waals surface area contributed by atoms with Crippen molar-refractivity contribution < 1.29 is 120 Å². The van der Waals surface area contributed by atoms with Crippen LogP contribution in [0, 0.1) is 214 Å². The first-order chi connectivity index (χ1) is 56.6. The normalized spacial score (nSPS) is 30.5. The Bertz CT molecular complexity index is 3170. The molecule has 14 rings (SSSR count). The topological polar surface area (TPSA) is 0 Å². The molecule has 0 radical (unpaired) electrons. The van der Waals surface area contributed by atoms with Gasteiger partial charge >= 0.3 is 154 Å². The molecule has 0 heterocycles. The first kappa shape index (κ1) is 166. The Labute approximate surface area is 973 Å². The third-order valence-corrected chi connectivity index (χ3v) is 62.0. The number of benzene rings is 4. The van der Waals surface area contributed by atoms with Gasteiger partial charge in [-0.2, -0.15) is 0 Å². The largest absolute Gasteiger partial charge is 4.00 e. The van der Waals surface area contributed by atoms with Crippen molar-refractivity contribution >= 4 is 115 Å². The summed E-state index contributed by atoms with van der Waals surface area (Å²) in [5, 5.41) is 7.10. The van der Waals surface area contributed by atoms with Gasteiger partial charge in [0.2, 0.25) is 0 Å². The number of rotatable bonds is 26. The maximum Gasteiger partial charge on any atom is 4.00 e. The average molecular weight is 2480 g/mol. The van der Waals surface area contributed by atoms with Gasteiger partial charge in [-0.3, -0.25) is 0 Å². The molecule has 0 spiro atoms. The molecule has 0 nitrogen and oxygen atoms in total. The van der Waals surface area contributed by atoms with Crippen LogP contribution >= 0.6 is 34.1 Å². The van der Waals surface area contributed by atoms with Crippen LogP contribution in [0.3, 0.4) is 0 Å². The molecule has 10 saturated carbocycles. The van der Waals surface area contributed by atoms with Crippen LogP contribution in [0.15, 0.2) is 121 Å². The number of halogens is 4. The van der Waals surface area contributed by atoms with Crippen LogP contribution in [0.5, 0.6) is 0 Å².